The molecule has 1 aromatic rings. The summed E-state index contributed by atoms with van der Waals surface area (Å²) >= 11 is 1.75. The van der Waals surface area contributed by atoms with Crippen LogP contribution in [-0.2, 0) is 6.42 Å². The van der Waals surface area contributed by atoms with Crippen LogP contribution in [0.5, 0.6) is 0 Å². The quantitative estimate of drug-likeness (QED) is 0.812. The van der Waals surface area contributed by atoms with E-state index in [9.17, 15) is 5.11 Å². The van der Waals surface area contributed by atoms with Crippen molar-refractivity contribution in [3.63, 3.8) is 0 Å². The van der Waals surface area contributed by atoms with Crippen LogP contribution in [-0.4, -0.2) is 10.7 Å². The molecule has 1 aromatic heterocycles. The topological polar surface area (TPSA) is 20.2 Å². The third-order valence-electron chi connectivity index (χ3n) is 3.35. The second-order valence-corrected chi connectivity index (χ2v) is 5.63. The number of hydrogen-bond donors (Lipinski definition) is 1. The van der Waals surface area contributed by atoms with Crippen LogP contribution >= 0.6 is 11.3 Å². The van der Waals surface area contributed by atoms with Crippen molar-refractivity contribution in [2.24, 2.45) is 5.92 Å². The summed E-state index contributed by atoms with van der Waals surface area (Å²) in [6, 6.07) is 4.18. The smallest absolute Gasteiger partial charge is 0.0695 e. The minimum absolute atomic E-state index is 0.485. The van der Waals surface area contributed by atoms with Crippen LogP contribution < -0.4 is 0 Å². The largest absolute Gasteiger partial charge is 0.390 e. The molecule has 1 N–H and O–H groups in total. The van der Waals surface area contributed by atoms with E-state index in [-0.39, 0.29) is 0 Å². The summed E-state index contributed by atoms with van der Waals surface area (Å²) in [4.78, 5) is 1.31. The standard InChI is InChI=1S/C12H18OS/c1-12(13,10-5-2-3-6-10)9-11-7-4-8-14-11/h4,7-8,10,13H,2-3,5-6,9H2,1H3. The maximum Gasteiger partial charge on any atom is 0.0695 e. The molecule has 14 heavy (non-hydrogen) atoms. The average Bonchev–Trinajstić information content (AvgIpc) is 2.71. The molecule has 78 valence electrons. The molecule has 1 saturated carbocycles. The number of rotatable bonds is 3. The van der Waals surface area contributed by atoms with Crippen LogP contribution in [0.3, 0.4) is 0 Å². The molecule has 1 aliphatic rings. The van der Waals surface area contributed by atoms with E-state index in [1.165, 1.54) is 30.6 Å². The lowest BCUT2D eigenvalue weighted by atomic mass is 9.84. The molecule has 1 aliphatic carbocycles. The van der Waals surface area contributed by atoms with Crippen molar-refractivity contribution in [1.29, 1.82) is 0 Å². The minimum Gasteiger partial charge on any atom is -0.390 e. The van der Waals surface area contributed by atoms with Gasteiger partial charge in [-0.05, 0) is 37.1 Å². The zero-order valence-corrected chi connectivity index (χ0v) is 9.52. The van der Waals surface area contributed by atoms with Gasteiger partial charge in [-0.25, -0.2) is 0 Å². The highest BCUT2D eigenvalue weighted by Gasteiger charge is 2.34. The summed E-state index contributed by atoms with van der Waals surface area (Å²) in [6.45, 7) is 2.00. The Labute approximate surface area is 89.8 Å². The van der Waals surface area contributed by atoms with Gasteiger partial charge in [0, 0.05) is 11.3 Å². The molecule has 1 heterocycles. The van der Waals surface area contributed by atoms with Crippen molar-refractivity contribution < 1.29 is 5.11 Å². The molecule has 1 atom stereocenters. The maximum atomic E-state index is 10.4. The van der Waals surface area contributed by atoms with Crippen molar-refractivity contribution in [3.8, 4) is 0 Å². The Morgan fingerprint density at radius 3 is 2.79 bits per heavy atom. The molecule has 0 amide bonds. The lowest BCUT2D eigenvalue weighted by molar-refractivity contribution is 0.00263. The SMILES string of the molecule is CC(O)(Cc1cccs1)C1CCCC1. The number of hydrogen-bond acceptors (Lipinski definition) is 2. The van der Waals surface area contributed by atoms with Crippen LogP contribution in [0.2, 0.25) is 0 Å². The molecule has 2 heteroatoms. The lowest BCUT2D eigenvalue weighted by Crippen LogP contribution is -2.35. The van der Waals surface area contributed by atoms with Gasteiger partial charge >= 0.3 is 0 Å². The number of aliphatic hydroxyl groups is 1. The van der Waals surface area contributed by atoms with Gasteiger partial charge in [0.2, 0.25) is 0 Å². The van der Waals surface area contributed by atoms with Crippen LogP contribution in [0.1, 0.15) is 37.5 Å². The Morgan fingerprint density at radius 2 is 2.21 bits per heavy atom. The van der Waals surface area contributed by atoms with Crippen molar-refractivity contribution in [1.82, 2.24) is 0 Å². The van der Waals surface area contributed by atoms with Crippen molar-refractivity contribution in [2.45, 2.75) is 44.6 Å². The molecule has 1 fully saturated rings. The highest BCUT2D eigenvalue weighted by atomic mass is 32.1. The first-order valence-corrected chi connectivity index (χ1v) is 6.31. The van der Waals surface area contributed by atoms with Gasteiger partial charge in [0.1, 0.15) is 0 Å². The Morgan fingerprint density at radius 1 is 1.50 bits per heavy atom. The third kappa shape index (κ3) is 2.18. The second-order valence-electron chi connectivity index (χ2n) is 4.59. The summed E-state index contributed by atoms with van der Waals surface area (Å²) in [6.07, 6.45) is 5.84. The fourth-order valence-electron chi connectivity index (χ4n) is 2.46. The van der Waals surface area contributed by atoms with Gasteiger partial charge < -0.3 is 5.11 Å². The van der Waals surface area contributed by atoms with E-state index >= 15 is 0 Å². The van der Waals surface area contributed by atoms with E-state index in [1.807, 2.05) is 6.92 Å². The minimum atomic E-state index is -0.485. The summed E-state index contributed by atoms with van der Waals surface area (Å²) in [5.74, 6) is 0.518. The van der Waals surface area contributed by atoms with Crippen molar-refractivity contribution in [2.75, 3.05) is 0 Å². The molecule has 0 radical (unpaired) electrons. The first kappa shape index (κ1) is 10.2. The van der Waals surface area contributed by atoms with E-state index < -0.39 is 5.60 Å². The van der Waals surface area contributed by atoms with Gasteiger partial charge in [-0.3, -0.25) is 0 Å². The number of thiophene rings is 1. The molecular formula is C12H18OS. The third-order valence-corrected chi connectivity index (χ3v) is 4.22. The second kappa shape index (κ2) is 4.03. The highest BCUT2D eigenvalue weighted by molar-refractivity contribution is 7.09. The average molecular weight is 210 g/mol. The lowest BCUT2D eigenvalue weighted by Gasteiger charge is -2.29. The molecule has 0 bridgehead atoms. The van der Waals surface area contributed by atoms with Crippen LogP contribution in [0, 0.1) is 5.92 Å². The molecule has 0 saturated heterocycles. The van der Waals surface area contributed by atoms with E-state index in [0.717, 1.165) is 6.42 Å². The Kier molecular flexibility index (Phi) is 2.93. The molecule has 0 spiro atoms. The van der Waals surface area contributed by atoms with Crippen molar-refractivity contribution in [3.05, 3.63) is 22.4 Å². The van der Waals surface area contributed by atoms with Crippen LogP contribution in [0.25, 0.3) is 0 Å². The normalized spacial score (nSPS) is 22.4. The monoisotopic (exact) mass is 210 g/mol. The fourth-order valence-corrected chi connectivity index (χ4v) is 3.32. The zero-order chi connectivity index (χ0) is 10.0. The molecule has 0 aromatic carbocycles. The predicted octanol–water partition coefficient (Wildman–Crippen LogP) is 3.23. The molecule has 2 rings (SSSR count). The van der Waals surface area contributed by atoms with Gasteiger partial charge in [0.15, 0.2) is 0 Å². The van der Waals surface area contributed by atoms with Crippen LogP contribution in [0.4, 0.5) is 0 Å². The molecular weight excluding hydrogens is 192 g/mol. The summed E-state index contributed by atoms with van der Waals surface area (Å²) < 4.78 is 0. The van der Waals surface area contributed by atoms with Gasteiger partial charge in [-0.1, -0.05) is 18.9 Å². The Bertz CT molecular complexity index is 271. The predicted molar refractivity (Wildman–Crippen MR) is 60.6 cm³/mol. The van der Waals surface area contributed by atoms with Crippen LogP contribution in [0.15, 0.2) is 17.5 Å². The first-order chi connectivity index (χ1) is 6.68. The summed E-state index contributed by atoms with van der Waals surface area (Å²) in [5.41, 5.74) is -0.485. The maximum absolute atomic E-state index is 10.4. The zero-order valence-electron chi connectivity index (χ0n) is 8.70. The van der Waals surface area contributed by atoms with Gasteiger partial charge in [0.05, 0.1) is 5.60 Å². The van der Waals surface area contributed by atoms with E-state index in [0.29, 0.717) is 5.92 Å². The van der Waals surface area contributed by atoms with Gasteiger partial charge in [-0.2, -0.15) is 0 Å². The molecule has 1 nitrogen and oxygen atoms in total. The van der Waals surface area contributed by atoms with E-state index in [2.05, 4.69) is 17.5 Å². The molecule has 1 unspecified atom stereocenters. The Hall–Kier alpha value is -0.340. The van der Waals surface area contributed by atoms with Crippen molar-refractivity contribution >= 4 is 11.3 Å². The highest BCUT2D eigenvalue weighted by Crippen LogP contribution is 2.36. The summed E-state index contributed by atoms with van der Waals surface area (Å²) in [7, 11) is 0. The van der Waals surface area contributed by atoms with Gasteiger partial charge in [0.25, 0.3) is 0 Å². The summed E-state index contributed by atoms with van der Waals surface area (Å²) in [5, 5.41) is 12.5. The Balaban J connectivity index is 2.00. The van der Waals surface area contributed by atoms with E-state index in [4.69, 9.17) is 0 Å². The first-order valence-electron chi connectivity index (χ1n) is 5.43. The van der Waals surface area contributed by atoms with Gasteiger partial charge in [-0.15, -0.1) is 11.3 Å². The fraction of sp³-hybridized carbons (Fsp3) is 0.667. The van der Waals surface area contributed by atoms with E-state index in [1.54, 1.807) is 11.3 Å². The molecule has 0 aliphatic heterocycles.